The maximum absolute atomic E-state index is 11.3. The molecule has 0 saturated heterocycles. The average molecular weight is 339 g/mol. The molecule has 0 spiro atoms. The van der Waals surface area contributed by atoms with Crippen LogP contribution in [0, 0.1) is 0 Å². The topological polar surface area (TPSA) is 119 Å². The SMILES string of the molecule is COc1ccccc1Nc1nnc(SCC(=O)NC(N)=O)s1. The van der Waals surface area contributed by atoms with Gasteiger partial charge in [0, 0.05) is 0 Å². The second kappa shape index (κ2) is 7.61. The second-order valence-electron chi connectivity index (χ2n) is 3.90. The van der Waals surface area contributed by atoms with Crippen LogP contribution in [-0.4, -0.2) is 35.0 Å². The number of hydrogen-bond donors (Lipinski definition) is 3. The third-order valence-corrected chi connectivity index (χ3v) is 4.32. The number of benzene rings is 1. The Bertz CT molecular complexity index is 676. The second-order valence-corrected chi connectivity index (χ2v) is 6.10. The number of aromatic nitrogens is 2. The standard InChI is InChI=1S/C12H13N5O3S2/c1-20-8-5-3-2-4-7(8)14-11-16-17-12(22-11)21-6-9(18)15-10(13)19/h2-5H,6H2,1H3,(H,14,16)(H3,13,15,18,19). The summed E-state index contributed by atoms with van der Waals surface area (Å²) in [5.74, 6) is 0.242. The highest BCUT2D eigenvalue weighted by Crippen LogP contribution is 2.31. The lowest BCUT2D eigenvalue weighted by atomic mass is 10.3. The summed E-state index contributed by atoms with van der Waals surface area (Å²) in [7, 11) is 1.58. The molecule has 0 bridgehead atoms. The summed E-state index contributed by atoms with van der Waals surface area (Å²) >= 11 is 2.45. The van der Waals surface area contributed by atoms with E-state index in [0.29, 0.717) is 15.2 Å². The van der Waals surface area contributed by atoms with Gasteiger partial charge in [0.1, 0.15) is 5.75 Å². The Hall–Kier alpha value is -2.33. The number of nitrogens with one attached hydrogen (secondary N) is 2. The van der Waals surface area contributed by atoms with Crippen LogP contribution in [0.3, 0.4) is 0 Å². The molecule has 3 amide bonds. The summed E-state index contributed by atoms with van der Waals surface area (Å²) in [6.07, 6.45) is 0. The van der Waals surface area contributed by atoms with Gasteiger partial charge in [-0.1, -0.05) is 35.2 Å². The number of para-hydroxylation sites is 2. The molecular formula is C12H13N5O3S2. The van der Waals surface area contributed by atoms with Gasteiger partial charge in [0.2, 0.25) is 11.0 Å². The third-order valence-electron chi connectivity index (χ3n) is 2.34. The van der Waals surface area contributed by atoms with Crippen molar-refractivity contribution in [3.8, 4) is 5.75 Å². The van der Waals surface area contributed by atoms with Crippen LogP contribution in [0.5, 0.6) is 5.75 Å². The van der Waals surface area contributed by atoms with E-state index >= 15 is 0 Å². The van der Waals surface area contributed by atoms with E-state index in [-0.39, 0.29) is 5.75 Å². The van der Waals surface area contributed by atoms with Crippen LogP contribution in [0.4, 0.5) is 15.6 Å². The number of thioether (sulfide) groups is 1. The first-order valence-electron chi connectivity index (χ1n) is 6.04. The molecule has 2 rings (SSSR count). The molecule has 2 aromatic rings. The molecule has 22 heavy (non-hydrogen) atoms. The molecule has 4 N–H and O–H groups in total. The van der Waals surface area contributed by atoms with Crippen LogP contribution >= 0.6 is 23.1 Å². The van der Waals surface area contributed by atoms with E-state index in [1.807, 2.05) is 29.6 Å². The van der Waals surface area contributed by atoms with Gasteiger partial charge in [-0.2, -0.15) is 0 Å². The van der Waals surface area contributed by atoms with E-state index in [4.69, 9.17) is 10.5 Å². The van der Waals surface area contributed by atoms with Crippen molar-refractivity contribution in [2.75, 3.05) is 18.2 Å². The van der Waals surface area contributed by atoms with Gasteiger partial charge in [-0.25, -0.2) is 4.79 Å². The number of imide groups is 1. The fourth-order valence-corrected chi connectivity index (χ4v) is 3.05. The number of rotatable bonds is 6. The molecule has 8 nitrogen and oxygen atoms in total. The molecule has 0 radical (unpaired) electrons. The Kier molecular flexibility index (Phi) is 5.55. The van der Waals surface area contributed by atoms with E-state index in [1.165, 1.54) is 23.1 Å². The van der Waals surface area contributed by atoms with Crippen molar-refractivity contribution < 1.29 is 14.3 Å². The van der Waals surface area contributed by atoms with E-state index in [2.05, 4.69) is 15.5 Å². The lowest BCUT2D eigenvalue weighted by Crippen LogP contribution is -2.36. The minimum absolute atomic E-state index is 0.0340. The predicted molar refractivity (Wildman–Crippen MR) is 84.6 cm³/mol. The molecule has 1 aromatic heterocycles. The lowest BCUT2D eigenvalue weighted by molar-refractivity contribution is -0.117. The number of hydrogen-bond acceptors (Lipinski definition) is 8. The van der Waals surface area contributed by atoms with E-state index in [0.717, 1.165) is 5.69 Å². The first-order valence-corrected chi connectivity index (χ1v) is 7.84. The molecule has 0 aliphatic heterocycles. The van der Waals surface area contributed by atoms with Gasteiger partial charge in [-0.3, -0.25) is 10.1 Å². The minimum atomic E-state index is -0.874. The van der Waals surface area contributed by atoms with Crippen molar-refractivity contribution in [1.82, 2.24) is 15.5 Å². The highest BCUT2D eigenvalue weighted by Gasteiger charge is 2.10. The molecule has 0 saturated carbocycles. The summed E-state index contributed by atoms with van der Waals surface area (Å²) in [5, 5.41) is 13.6. The predicted octanol–water partition coefficient (Wildman–Crippen LogP) is 1.58. The van der Waals surface area contributed by atoms with Gasteiger partial charge in [0.05, 0.1) is 18.6 Å². The number of carbonyl (C=O) groups excluding carboxylic acids is 2. The highest BCUT2D eigenvalue weighted by molar-refractivity contribution is 8.01. The quantitative estimate of drug-likeness (QED) is 0.683. The molecule has 10 heteroatoms. The van der Waals surface area contributed by atoms with Crippen LogP contribution < -0.4 is 21.1 Å². The maximum atomic E-state index is 11.3. The Morgan fingerprint density at radius 3 is 2.86 bits per heavy atom. The first kappa shape index (κ1) is 16.0. The van der Waals surface area contributed by atoms with Crippen molar-refractivity contribution >= 4 is 45.9 Å². The van der Waals surface area contributed by atoms with Crippen LogP contribution in [-0.2, 0) is 4.79 Å². The van der Waals surface area contributed by atoms with E-state index in [9.17, 15) is 9.59 Å². The number of carbonyl (C=O) groups is 2. The number of urea groups is 1. The molecule has 1 heterocycles. The maximum Gasteiger partial charge on any atom is 0.318 e. The van der Waals surface area contributed by atoms with Gasteiger partial charge >= 0.3 is 6.03 Å². The third kappa shape index (κ3) is 4.60. The summed E-state index contributed by atoms with van der Waals surface area (Å²) in [5.41, 5.74) is 5.62. The zero-order chi connectivity index (χ0) is 15.9. The van der Waals surface area contributed by atoms with Gasteiger partial charge in [0.15, 0.2) is 4.34 Å². The van der Waals surface area contributed by atoms with Crippen LogP contribution in [0.2, 0.25) is 0 Å². The monoisotopic (exact) mass is 339 g/mol. The fraction of sp³-hybridized carbons (Fsp3) is 0.167. The smallest absolute Gasteiger partial charge is 0.318 e. The molecule has 0 unspecified atom stereocenters. The van der Waals surface area contributed by atoms with Gasteiger partial charge in [-0.05, 0) is 12.1 Å². The van der Waals surface area contributed by atoms with Crippen LogP contribution in [0.25, 0.3) is 0 Å². The van der Waals surface area contributed by atoms with Crippen molar-refractivity contribution in [1.29, 1.82) is 0 Å². The molecule has 0 atom stereocenters. The van der Waals surface area contributed by atoms with E-state index in [1.54, 1.807) is 7.11 Å². The Morgan fingerprint density at radius 1 is 1.36 bits per heavy atom. The number of nitrogens with zero attached hydrogens (tertiary/aromatic N) is 2. The van der Waals surface area contributed by atoms with Crippen molar-refractivity contribution in [2.45, 2.75) is 4.34 Å². The molecule has 1 aromatic carbocycles. The Labute approximate surface area is 134 Å². The molecule has 116 valence electrons. The van der Waals surface area contributed by atoms with Crippen LogP contribution in [0.15, 0.2) is 28.6 Å². The molecule has 0 fully saturated rings. The normalized spacial score (nSPS) is 10.0. The summed E-state index contributed by atoms with van der Waals surface area (Å²) in [6, 6.07) is 6.54. The number of amides is 3. The highest BCUT2D eigenvalue weighted by atomic mass is 32.2. The van der Waals surface area contributed by atoms with Gasteiger partial charge in [0.25, 0.3) is 0 Å². The number of ether oxygens (including phenoxy) is 1. The lowest BCUT2D eigenvalue weighted by Gasteiger charge is -2.07. The number of primary amides is 1. The number of anilines is 2. The molecule has 0 aliphatic rings. The summed E-state index contributed by atoms with van der Waals surface area (Å²) in [6.45, 7) is 0. The Balaban J connectivity index is 1.94. The zero-order valence-corrected chi connectivity index (χ0v) is 13.2. The largest absolute Gasteiger partial charge is 0.495 e. The molecule has 0 aliphatic carbocycles. The number of nitrogens with two attached hydrogens (primary N) is 1. The van der Waals surface area contributed by atoms with Gasteiger partial charge < -0.3 is 15.8 Å². The van der Waals surface area contributed by atoms with E-state index < -0.39 is 11.9 Å². The Morgan fingerprint density at radius 2 is 2.14 bits per heavy atom. The summed E-state index contributed by atoms with van der Waals surface area (Å²) < 4.78 is 5.83. The van der Waals surface area contributed by atoms with Crippen molar-refractivity contribution in [2.24, 2.45) is 5.73 Å². The summed E-state index contributed by atoms with van der Waals surface area (Å²) in [4.78, 5) is 21.8. The molecular weight excluding hydrogens is 326 g/mol. The first-order chi connectivity index (χ1) is 10.6. The minimum Gasteiger partial charge on any atom is -0.495 e. The van der Waals surface area contributed by atoms with Crippen LogP contribution in [0.1, 0.15) is 0 Å². The average Bonchev–Trinajstić information content (AvgIpc) is 2.93. The fourth-order valence-electron chi connectivity index (χ4n) is 1.48. The number of methoxy groups -OCH3 is 1. The van der Waals surface area contributed by atoms with Crippen molar-refractivity contribution in [3.63, 3.8) is 0 Å². The zero-order valence-electron chi connectivity index (χ0n) is 11.5. The van der Waals surface area contributed by atoms with Gasteiger partial charge in [-0.15, -0.1) is 10.2 Å². The van der Waals surface area contributed by atoms with Crippen molar-refractivity contribution in [3.05, 3.63) is 24.3 Å².